The van der Waals surface area contributed by atoms with Crippen LogP contribution >= 0.6 is 15.9 Å². The van der Waals surface area contributed by atoms with Crippen LogP contribution in [0.5, 0.6) is 0 Å². The van der Waals surface area contributed by atoms with Crippen molar-refractivity contribution < 1.29 is 14.6 Å². The van der Waals surface area contributed by atoms with Crippen LogP contribution in [0.15, 0.2) is 30.3 Å². The average Bonchev–Trinajstić information content (AvgIpc) is 2.59. The summed E-state index contributed by atoms with van der Waals surface area (Å²) >= 11 is 3.39. The molecule has 23 heavy (non-hydrogen) atoms. The largest absolute Gasteiger partial charge is 0.392 e. The van der Waals surface area contributed by atoms with E-state index in [-0.39, 0.29) is 30.1 Å². The second kappa shape index (κ2) is 7.77. The molecule has 4 nitrogen and oxygen atoms in total. The molecule has 5 atom stereocenters. The van der Waals surface area contributed by atoms with Crippen molar-refractivity contribution in [3.05, 3.63) is 35.9 Å². The van der Waals surface area contributed by atoms with E-state index in [1.807, 2.05) is 18.2 Å². The topological polar surface area (TPSA) is 58.6 Å². The highest BCUT2D eigenvalue weighted by molar-refractivity contribution is 9.09. The minimum Gasteiger partial charge on any atom is -0.392 e. The summed E-state index contributed by atoms with van der Waals surface area (Å²) in [7, 11) is 0. The van der Waals surface area contributed by atoms with Gasteiger partial charge in [0.1, 0.15) is 0 Å². The fourth-order valence-corrected chi connectivity index (χ4v) is 4.48. The predicted octanol–water partition coefficient (Wildman–Crippen LogP) is 2.63. The molecule has 1 heterocycles. The van der Waals surface area contributed by atoms with Gasteiger partial charge in [-0.25, -0.2) is 0 Å². The number of amides is 1. The number of hydrogen-bond donors (Lipinski definition) is 2. The first-order valence-electron chi connectivity index (χ1n) is 8.38. The highest BCUT2D eigenvalue weighted by atomic mass is 79.9. The Bertz CT molecular complexity index is 524. The highest BCUT2D eigenvalue weighted by Crippen LogP contribution is 2.39. The Balaban J connectivity index is 1.68. The predicted molar refractivity (Wildman–Crippen MR) is 92.2 cm³/mol. The second-order valence-corrected chi connectivity index (χ2v) is 7.24. The monoisotopic (exact) mass is 381 g/mol. The third kappa shape index (κ3) is 3.95. The van der Waals surface area contributed by atoms with Gasteiger partial charge >= 0.3 is 0 Å². The number of piperidine rings is 1. The SMILES string of the molecule is O=C1CCC2C(C(O)CBr)CCC(OCc3ccccc3)C2N1. The van der Waals surface area contributed by atoms with Gasteiger partial charge in [0.25, 0.3) is 0 Å². The molecule has 0 radical (unpaired) electrons. The fourth-order valence-electron chi connectivity index (χ4n) is 4.00. The number of aliphatic hydroxyl groups excluding tert-OH is 1. The lowest BCUT2D eigenvalue weighted by Crippen LogP contribution is -2.58. The van der Waals surface area contributed by atoms with E-state index in [9.17, 15) is 9.90 Å². The first-order valence-corrected chi connectivity index (χ1v) is 9.50. The number of carbonyl (C=O) groups excluding carboxylic acids is 1. The lowest BCUT2D eigenvalue weighted by Gasteiger charge is -2.46. The first kappa shape index (κ1) is 16.9. The van der Waals surface area contributed by atoms with Gasteiger partial charge in [-0.15, -0.1) is 0 Å². The maximum atomic E-state index is 11.8. The van der Waals surface area contributed by atoms with Crippen LogP contribution in [0.3, 0.4) is 0 Å². The lowest BCUT2D eigenvalue weighted by molar-refractivity contribution is -0.132. The Labute approximate surface area is 145 Å². The van der Waals surface area contributed by atoms with Crippen molar-refractivity contribution in [2.75, 3.05) is 5.33 Å². The van der Waals surface area contributed by atoms with Crippen molar-refractivity contribution >= 4 is 21.8 Å². The molecule has 5 heteroatoms. The molecular formula is C18H24BrNO3. The molecule has 5 unspecified atom stereocenters. The zero-order chi connectivity index (χ0) is 16.2. The van der Waals surface area contributed by atoms with Gasteiger partial charge in [0.05, 0.1) is 24.9 Å². The molecule has 2 aliphatic rings. The summed E-state index contributed by atoms with van der Waals surface area (Å²) in [6, 6.07) is 10.1. The number of carbonyl (C=O) groups is 1. The van der Waals surface area contributed by atoms with Gasteiger partial charge in [-0.1, -0.05) is 46.3 Å². The minimum atomic E-state index is -0.354. The van der Waals surface area contributed by atoms with Gasteiger partial charge in [0.15, 0.2) is 0 Å². The summed E-state index contributed by atoms with van der Waals surface area (Å²) in [6.45, 7) is 0.566. The summed E-state index contributed by atoms with van der Waals surface area (Å²) in [5.41, 5.74) is 1.15. The van der Waals surface area contributed by atoms with Crippen molar-refractivity contribution in [1.82, 2.24) is 5.32 Å². The van der Waals surface area contributed by atoms with Gasteiger partial charge < -0.3 is 15.2 Å². The molecule has 1 aromatic carbocycles. The van der Waals surface area contributed by atoms with Crippen LogP contribution in [0, 0.1) is 11.8 Å². The summed E-state index contributed by atoms with van der Waals surface area (Å²) in [5, 5.41) is 14.0. The number of alkyl halides is 1. The number of aliphatic hydroxyl groups is 1. The third-order valence-electron chi connectivity index (χ3n) is 5.19. The molecule has 0 spiro atoms. The number of benzene rings is 1. The average molecular weight is 382 g/mol. The third-order valence-corrected chi connectivity index (χ3v) is 5.85. The van der Waals surface area contributed by atoms with E-state index in [1.165, 1.54) is 0 Å². The highest BCUT2D eigenvalue weighted by Gasteiger charge is 2.45. The number of nitrogens with one attached hydrogen (secondary N) is 1. The zero-order valence-corrected chi connectivity index (χ0v) is 14.7. The molecule has 0 bridgehead atoms. The van der Waals surface area contributed by atoms with Crippen molar-refractivity contribution in [1.29, 1.82) is 0 Å². The molecular weight excluding hydrogens is 358 g/mol. The number of hydrogen-bond acceptors (Lipinski definition) is 3. The number of fused-ring (bicyclic) bond motifs is 1. The van der Waals surface area contributed by atoms with Gasteiger partial charge in [0.2, 0.25) is 5.91 Å². The molecule has 2 N–H and O–H groups in total. The maximum Gasteiger partial charge on any atom is 0.220 e. The van der Waals surface area contributed by atoms with Crippen LogP contribution in [-0.2, 0) is 16.1 Å². The summed E-state index contributed by atoms with van der Waals surface area (Å²) < 4.78 is 6.14. The van der Waals surface area contributed by atoms with E-state index in [4.69, 9.17) is 4.74 Å². The molecule has 1 aromatic rings. The zero-order valence-electron chi connectivity index (χ0n) is 13.2. The molecule has 1 amide bonds. The van der Waals surface area contributed by atoms with Gasteiger partial charge in [-0.3, -0.25) is 4.79 Å². The Morgan fingerprint density at radius 3 is 2.78 bits per heavy atom. The molecule has 0 aromatic heterocycles. The molecule has 126 valence electrons. The van der Waals surface area contributed by atoms with Gasteiger partial charge in [-0.05, 0) is 36.7 Å². The quantitative estimate of drug-likeness (QED) is 0.770. The fraction of sp³-hybridized carbons (Fsp3) is 0.611. The summed E-state index contributed by atoms with van der Waals surface area (Å²) in [5.74, 6) is 0.639. The minimum absolute atomic E-state index is 0.0208. The maximum absolute atomic E-state index is 11.8. The van der Waals surface area contributed by atoms with Crippen LogP contribution in [-0.4, -0.2) is 34.6 Å². The first-order chi connectivity index (χ1) is 11.2. The molecule has 2 fully saturated rings. The van der Waals surface area contributed by atoms with Crippen LogP contribution in [0.1, 0.15) is 31.2 Å². The van der Waals surface area contributed by atoms with E-state index < -0.39 is 0 Å². The molecule has 3 rings (SSSR count). The Morgan fingerprint density at radius 2 is 2.04 bits per heavy atom. The van der Waals surface area contributed by atoms with Gasteiger partial charge in [0, 0.05) is 11.8 Å². The van der Waals surface area contributed by atoms with Crippen molar-refractivity contribution in [2.24, 2.45) is 11.8 Å². The van der Waals surface area contributed by atoms with E-state index >= 15 is 0 Å². The van der Waals surface area contributed by atoms with Crippen LogP contribution in [0.25, 0.3) is 0 Å². The standard InChI is InChI=1S/C18H24BrNO3/c19-10-15(21)13-6-8-16(18-14(13)7-9-17(22)20-18)23-11-12-4-2-1-3-5-12/h1-5,13-16,18,21H,6-11H2,(H,20,22). The lowest BCUT2D eigenvalue weighted by atomic mass is 9.68. The van der Waals surface area contributed by atoms with E-state index in [1.54, 1.807) is 0 Å². The summed E-state index contributed by atoms with van der Waals surface area (Å²) in [6.07, 6.45) is 2.90. The molecule has 1 saturated carbocycles. The molecule has 1 aliphatic heterocycles. The smallest absolute Gasteiger partial charge is 0.220 e. The van der Waals surface area contributed by atoms with Crippen LogP contribution in [0.2, 0.25) is 0 Å². The van der Waals surface area contributed by atoms with Crippen molar-refractivity contribution in [3.8, 4) is 0 Å². The van der Waals surface area contributed by atoms with Crippen molar-refractivity contribution in [3.63, 3.8) is 0 Å². The summed E-state index contributed by atoms with van der Waals surface area (Å²) in [4.78, 5) is 11.8. The van der Waals surface area contributed by atoms with E-state index in [2.05, 4.69) is 33.4 Å². The number of rotatable bonds is 5. The van der Waals surface area contributed by atoms with Crippen molar-refractivity contribution in [2.45, 2.75) is 50.5 Å². The Morgan fingerprint density at radius 1 is 1.26 bits per heavy atom. The van der Waals surface area contributed by atoms with Crippen LogP contribution < -0.4 is 5.32 Å². The normalized spacial score (nSPS) is 32.0. The second-order valence-electron chi connectivity index (χ2n) is 6.59. The van der Waals surface area contributed by atoms with Crippen LogP contribution in [0.4, 0.5) is 0 Å². The molecule has 1 saturated heterocycles. The molecule has 1 aliphatic carbocycles. The van der Waals surface area contributed by atoms with Gasteiger partial charge in [-0.2, -0.15) is 0 Å². The Kier molecular flexibility index (Phi) is 5.72. The van der Waals surface area contributed by atoms with E-state index in [0.29, 0.717) is 24.3 Å². The van der Waals surface area contributed by atoms with E-state index in [0.717, 1.165) is 24.8 Å². The Hall–Kier alpha value is -0.910. The number of ether oxygens (including phenoxy) is 1. The number of halogens is 1.